The third kappa shape index (κ3) is 5.11. The summed E-state index contributed by atoms with van der Waals surface area (Å²) in [5.74, 6) is 0. The fraction of sp³-hybridized carbons (Fsp3) is 0.0968. The van der Waals surface area contributed by atoms with Gasteiger partial charge >= 0.3 is 0 Å². The van der Waals surface area contributed by atoms with Gasteiger partial charge in [-0.2, -0.15) is 0 Å². The van der Waals surface area contributed by atoms with Gasteiger partial charge in [-0.3, -0.25) is 0 Å². The monoisotopic (exact) mass is 496 g/mol. The van der Waals surface area contributed by atoms with E-state index in [9.17, 15) is 0 Å². The Labute approximate surface area is 210 Å². The Bertz CT molecular complexity index is 1150. The van der Waals surface area contributed by atoms with Crippen molar-refractivity contribution < 1.29 is 0 Å². The summed E-state index contributed by atoms with van der Waals surface area (Å²) in [6, 6.07) is 43.9. The second-order valence-electron chi connectivity index (χ2n) is 8.38. The van der Waals surface area contributed by atoms with E-state index < -0.39 is 20.7 Å². The average molecular weight is 497 g/mol. The molecule has 0 N–H and O–H groups in total. The highest BCUT2D eigenvalue weighted by Gasteiger charge is 2.42. The molecule has 168 valence electrons. The lowest BCUT2D eigenvalue weighted by molar-refractivity contribution is 0.846. The summed E-state index contributed by atoms with van der Waals surface area (Å²) in [7, 11) is -1.29. The van der Waals surface area contributed by atoms with Gasteiger partial charge in [0.1, 0.15) is 0 Å². The molecule has 0 saturated heterocycles. The van der Waals surface area contributed by atoms with Gasteiger partial charge in [0.05, 0.1) is 4.87 Å². The molecule has 34 heavy (non-hydrogen) atoms. The van der Waals surface area contributed by atoms with E-state index in [2.05, 4.69) is 146 Å². The fourth-order valence-electron chi connectivity index (χ4n) is 4.54. The van der Waals surface area contributed by atoms with Gasteiger partial charge in [0.25, 0.3) is 0 Å². The van der Waals surface area contributed by atoms with Gasteiger partial charge in [-0.05, 0) is 43.2 Å². The SMILES string of the molecule is ClC1(C(CP(c2ccccc2)c2ccccc2)P(c2ccccc2)c2ccccc2)C=CC=C1. The van der Waals surface area contributed by atoms with Crippen molar-refractivity contribution in [3.63, 3.8) is 0 Å². The van der Waals surface area contributed by atoms with Gasteiger partial charge in [-0.1, -0.05) is 146 Å². The number of rotatable bonds is 8. The van der Waals surface area contributed by atoms with Gasteiger partial charge < -0.3 is 0 Å². The first kappa shape index (κ1) is 23.3. The van der Waals surface area contributed by atoms with Crippen molar-refractivity contribution in [1.82, 2.24) is 0 Å². The standard InChI is InChI=1S/C31H27ClP2/c32-31(23-13-14-24-31)30(34(28-19-9-3-10-20-28)29-21-11-4-12-22-29)25-33(26-15-5-1-6-16-26)27-17-7-2-8-18-27/h1-24,30H,25H2. The van der Waals surface area contributed by atoms with Crippen molar-refractivity contribution in [2.45, 2.75) is 10.5 Å². The molecule has 0 spiro atoms. The van der Waals surface area contributed by atoms with Gasteiger partial charge in [0, 0.05) is 5.66 Å². The molecule has 1 aliphatic rings. The van der Waals surface area contributed by atoms with Crippen LogP contribution in [0, 0.1) is 0 Å². The van der Waals surface area contributed by atoms with Gasteiger partial charge in [-0.15, -0.1) is 11.6 Å². The second-order valence-corrected chi connectivity index (χ2v) is 13.7. The van der Waals surface area contributed by atoms with Gasteiger partial charge in [0.2, 0.25) is 0 Å². The minimum Gasteiger partial charge on any atom is -0.109 e. The fourth-order valence-corrected chi connectivity index (χ4v) is 11.3. The Morgan fingerprint density at radius 3 is 1.26 bits per heavy atom. The number of alkyl halides is 1. The molecule has 1 unspecified atom stereocenters. The van der Waals surface area contributed by atoms with Crippen LogP contribution in [0.3, 0.4) is 0 Å². The van der Waals surface area contributed by atoms with Crippen molar-refractivity contribution in [2.24, 2.45) is 0 Å². The van der Waals surface area contributed by atoms with Crippen molar-refractivity contribution in [3.8, 4) is 0 Å². The van der Waals surface area contributed by atoms with Crippen LogP contribution in [0.25, 0.3) is 0 Å². The average Bonchev–Trinajstić information content (AvgIpc) is 3.36. The van der Waals surface area contributed by atoms with E-state index in [1.165, 1.54) is 21.2 Å². The number of benzene rings is 4. The second kappa shape index (κ2) is 10.8. The normalized spacial score (nSPS) is 15.1. The third-order valence-corrected chi connectivity index (χ3v) is 12.7. The van der Waals surface area contributed by atoms with E-state index in [0.717, 1.165) is 6.16 Å². The van der Waals surface area contributed by atoms with Crippen LogP contribution in [0.5, 0.6) is 0 Å². The molecule has 0 heterocycles. The van der Waals surface area contributed by atoms with E-state index >= 15 is 0 Å². The summed E-state index contributed by atoms with van der Waals surface area (Å²) in [5, 5.41) is 5.55. The van der Waals surface area contributed by atoms with Crippen LogP contribution in [-0.4, -0.2) is 16.7 Å². The zero-order valence-electron chi connectivity index (χ0n) is 18.9. The summed E-state index contributed by atoms with van der Waals surface area (Å²) in [4.78, 5) is -0.512. The third-order valence-electron chi connectivity index (χ3n) is 6.20. The van der Waals surface area contributed by atoms with Crippen LogP contribution in [-0.2, 0) is 0 Å². The predicted molar refractivity (Wildman–Crippen MR) is 154 cm³/mol. The minimum atomic E-state index is -0.705. The molecule has 0 fully saturated rings. The topological polar surface area (TPSA) is 0 Å². The number of hydrogen-bond acceptors (Lipinski definition) is 0. The first-order valence-corrected chi connectivity index (χ1v) is 14.9. The molecule has 1 aliphatic carbocycles. The molecule has 0 bridgehead atoms. The summed E-state index contributed by atoms with van der Waals surface area (Å²) in [6.45, 7) is 0. The van der Waals surface area contributed by atoms with Crippen LogP contribution in [0.15, 0.2) is 146 Å². The quantitative estimate of drug-likeness (QED) is 0.187. The van der Waals surface area contributed by atoms with Gasteiger partial charge in [0.15, 0.2) is 0 Å². The van der Waals surface area contributed by atoms with Crippen molar-refractivity contribution in [1.29, 1.82) is 0 Å². The van der Waals surface area contributed by atoms with Crippen molar-refractivity contribution >= 4 is 48.7 Å². The zero-order chi connectivity index (χ0) is 23.2. The molecule has 0 aromatic heterocycles. The van der Waals surface area contributed by atoms with E-state index in [1.54, 1.807) is 0 Å². The predicted octanol–water partition coefficient (Wildman–Crippen LogP) is 6.72. The van der Waals surface area contributed by atoms with Crippen molar-refractivity contribution in [2.75, 3.05) is 6.16 Å². The van der Waals surface area contributed by atoms with Crippen LogP contribution < -0.4 is 21.2 Å². The van der Waals surface area contributed by atoms with Crippen LogP contribution >= 0.6 is 27.4 Å². The Balaban J connectivity index is 1.66. The van der Waals surface area contributed by atoms with Crippen molar-refractivity contribution in [3.05, 3.63) is 146 Å². The molecular weight excluding hydrogens is 470 g/mol. The molecule has 3 heteroatoms. The Hall–Kier alpha value is -2.49. The largest absolute Gasteiger partial charge is 0.109 e. The van der Waals surface area contributed by atoms with E-state index in [-0.39, 0.29) is 5.66 Å². The number of allylic oxidation sites excluding steroid dienone is 4. The van der Waals surface area contributed by atoms with E-state index in [1.807, 2.05) is 0 Å². The molecule has 4 aromatic rings. The molecule has 0 aliphatic heterocycles. The molecule has 5 rings (SSSR count). The number of halogens is 1. The first-order valence-electron chi connectivity index (χ1n) is 11.6. The van der Waals surface area contributed by atoms with Crippen LogP contribution in [0.1, 0.15) is 0 Å². The lowest BCUT2D eigenvalue weighted by Gasteiger charge is -2.39. The molecular formula is C31H27ClP2. The maximum atomic E-state index is 7.50. The minimum absolute atomic E-state index is 0.232. The van der Waals surface area contributed by atoms with Crippen LogP contribution in [0.2, 0.25) is 0 Å². The summed E-state index contributed by atoms with van der Waals surface area (Å²) in [6.07, 6.45) is 9.62. The Morgan fingerprint density at radius 2 is 0.882 bits per heavy atom. The maximum absolute atomic E-state index is 7.50. The molecule has 1 atom stereocenters. The number of hydrogen-bond donors (Lipinski definition) is 0. The lowest BCUT2D eigenvalue weighted by Crippen LogP contribution is -2.40. The molecule has 0 nitrogen and oxygen atoms in total. The highest BCUT2D eigenvalue weighted by atomic mass is 35.5. The maximum Gasteiger partial charge on any atom is 0.0888 e. The van der Waals surface area contributed by atoms with E-state index in [4.69, 9.17) is 11.6 Å². The van der Waals surface area contributed by atoms with Gasteiger partial charge in [-0.25, -0.2) is 0 Å². The Kier molecular flexibility index (Phi) is 7.42. The zero-order valence-corrected chi connectivity index (χ0v) is 21.5. The molecule has 4 aromatic carbocycles. The van der Waals surface area contributed by atoms with E-state index in [0.29, 0.717) is 0 Å². The summed E-state index contributed by atoms with van der Waals surface area (Å²) in [5.41, 5.74) is 0.232. The highest BCUT2D eigenvalue weighted by Crippen LogP contribution is 2.53. The summed E-state index contributed by atoms with van der Waals surface area (Å²) >= 11 is 7.50. The molecule has 0 saturated carbocycles. The highest BCUT2D eigenvalue weighted by molar-refractivity contribution is 7.77. The smallest absolute Gasteiger partial charge is 0.0888 e. The Morgan fingerprint density at radius 1 is 0.529 bits per heavy atom. The molecule has 0 radical (unpaired) electrons. The van der Waals surface area contributed by atoms with Crippen LogP contribution in [0.4, 0.5) is 0 Å². The first-order chi connectivity index (χ1) is 16.7. The molecule has 0 amide bonds. The summed E-state index contributed by atoms with van der Waals surface area (Å²) < 4.78 is 0. The lowest BCUT2D eigenvalue weighted by atomic mass is 10.1.